The molecule has 2 atom stereocenters. The van der Waals surface area contributed by atoms with Crippen molar-refractivity contribution in [1.29, 1.82) is 0 Å². The molecule has 5 heteroatoms. The second-order valence-electron chi connectivity index (χ2n) is 5.89. The molecule has 2 aliphatic rings. The van der Waals surface area contributed by atoms with E-state index < -0.39 is 11.4 Å². The van der Waals surface area contributed by atoms with Crippen LogP contribution in [0.25, 0.3) is 0 Å². The minimum Gasteiger partial charge on any atom is -0.481 e. The fraction of sp³-hybridized carbons (Fsp3) is 0.857. The first kappa shape index (κ1) is 14.3. The molecule has 19 heavy (non-hydrogen) atoms. The highest BCUT2D eigenvalue weighted by molar-refractivity contribution is 5.82. The Kier molecular flexibility index (Phi) is 4.45. The third kappa shape index (κ3) is 2.91. The smallest absolute Gasteiger partial charge is 0.311 e. The lowest BCUT2D eigenvalue weighted by molar-refractivity contribution is -0.149. The van der Waals surface area contributed by atoms with Gasteiger partial charge in [0, 0.05) is 19.6 Å². The maximum absolute atomic E-state index is 12.4. The van der Waals surface area contributed by atoms with E-state index in [1.165, 1.54) is 0 Å². The summed E-state index contributed by atoms with van der Waals surface area (Å²) in [7, 11) is 0. The van der Waals surface area contributed by atoms with Gasteiger partial charge in [0.1, 0.15) is 0 Å². The average molecular weight is 268 g/mol. The molecule has 2 fully saturated rings. The molecule has 2 unspecified atom stereocenters. The Labute approximate surface area is 114 Å². The van der Waals surface area contributed by atoms with E-state index in [-0.39, 0.29) is 11.8 Å². The van der Waals surface area contributed by atoms with E-state index in [1.807, 2.05) is 6.92 Å². The zero-order valence-electron chi connectivity index (χ0n) is 11.7. The number of carboxylic acids is 1. The molecule has 0 aromatic carbocycles. The van der Waals surface area contributed by atoms with Crippen molar-refractivity contribution in [1.82, 2.24) is 10.2 Å². The van der Waals surface area contributed by atoms with Crippen molar-refractivity contribution in [2.75, 3.05) is 26.2 Å². The lowest BCUT2D eigenvalue weighted by Crippen LogP contribution is -2.43. The molecule has 1 amide bonds. The highest BCUT2D eigenvalue weighted by atomic mass is 16.4. The van der Waals surface area contributed by atoms with Crippen LogP contribution in [0.2, 0.25) is 0 Å². The number of amides is 1. The normalized spacial score (nSPS) is 31.4. The molecule has 0 saturated carbocycles. The summed E-state index contributed by atoms with van der Waals surface area (Å²) in [6.45, 7) is 4.72. The van der Waals surface area contributed by atoms with Gasteiger partial charge in [0.05, 0.1) is 11.3 Å². The predicted octanol–water partition coefficient (Wildman–Crippen LogP) is 1.09. The van der Waals surface area contributed by atoms with Crippen LogP contribution in [0.5, 0.6) is 0 Å². The molecule has 108 valence electrons. The number of nitrogens with one attached hydrogen (secondary N) is 1. The Morgan fingerprint density at radius 1 is 1.47 bits per heavy atom. The number of likely N-dealkylation sites (tertiary alicyclic amines) is 1. The van der Waals surface area contributed by atoms with Gasteiger partial charge in [-0.05, 0) is 32.2 Å². The second-order valence-corrected chi connectivity index (χ2v) is 5.89. The van der Waals surface area contributed by atoms with Crippen LogP contribution in [-0.2, 0) is 9.59 Å². The quantitative estimate of drug-likeness (QED) is 0.801. The van der Waals surface area contributed by atoms with Gasteiger partial charge in [-0.25, -0.2) is 0 Å². The van der Waals surface area contributed by atoms with Crippen molar-refractivity contribution in [3.8, 4) is 0 Å². The van der Waals surface area contributed by atoms with Crippen LogP contribution in [-0.4, -0.2) is 48.1 Å². The molecule has 2 heterocycles. The first-order valence-electron chi connectivity index (χ1n) is 7.32. The highest BCUT2D eigenvalue weighted by Crippen LogP contribution is 2.36. The maximum Gasteiger partial charge on any atom is 0.311 e. The van der Waals surface area contributed by atoms with Crippen LogP contribution in [0.1, 0.15) is 39.0 Å². The number of hydrogen-bond donors (Lipinski definition) is 2. The number of carbonyl (C=O) groups is 2. The van der Waals surface area contributed by atoms with Gasteiger partial charge >= 0.3 is 5.97 Å². The number of nitrogens with zero attached hydrogens (tertiary/aromatic N) is 1. The number of carbonyl (C=O) groups excluding carboxylic acids is 1. The van der Waals surface area contributed by atoms with E-state index in [4.69, 9.17) is 0 Å². The van der Waals surface area contributed by atoms with Crippen LogP contribution < -0.4 is 5.32 Å². The molecule has 2 saturated heterocycles. The third-order valence-corrected chi connectivity index (χ3v) is 4.49. The molecule has 2 N–H and O–H groups in total. The van der Waals surface area contributed by atoms with E-state index in [0.717, 1.165) is 32.4 Å². The van der Waals surface area contributed by atoms with Gasteiger partial charge < -0.3 is 15.3 Å². The van der Waals surface area contributed by atoms with Crippen LogP contribution in [0.15, 0.2) is 0 Å². The van der Waals surface area contributed by atoms with Gasteiger partial charge in [-0.2, -0.15) is 0 Å². The molecule has 0 radical (unpaired) electrons. The van der Waals surface area contributed by atoms with Gasteiger partial charge in [0.25, 0.3) is 0 Å². The molecular weight excluding hydrogens is 244 g/mol. The topological polar surface area (TPSA) is 69.6 Å². The van der Waals surface area contributed by atoms with Gasteiger partial charge in [-0.3, -0.25) is 9.59 Å². The summed E-state index contributed by atoms with van der Waals surface area (Å²) in [6, 6.07) is 0. The number of rotatable bonds is 4. The molecule has 2 aliphatic heterocycles. The van der Waals surface area contributed by atoms with Crippen LogP contribution in [0, 0.1) is 11.3 Å². The average Bonchev–Trinajstić information content (AvgIpc) is 2.85. The van der Waals surface area contributed by atoms with Crippen LogP contribution >= 0.6 is 0 Å². The fourth-order valence-corrected chi connectivity index (χ4v) is 3.35. The minimum absolute atomic E-state index is 0.0416. The summed E-state index contributed by atoms with van der Waals surface area (Å²) in [5.41, 5.74) is -0.702. The van der Waals surface area contributed by atoms with E-state index in [2.05, 4.69) is 5.32 Å². The number of hydrogen-bond acceptors (Lipinski definition) is 3. The van der Waals surface area contributed by atoms with E-state index in [1.54, 1.807) is 4.90 Å². The Morgan fingerprint density at radius 2 is 2.26 bits per heavy atom. The largest absolute Gasteiger partial charge is 0.481 e. The molecular formula is C14H24N2O3. The Balaban J connectivity index is 1.99. The summed E-state index contributed by atoms with van der Waals surface area (Å²) < 4.78 is 0. The zero-order chi connectivity index (χ0) is 13.9. The molecule has 0 aromatic heterocycles. The van der Waals surface area contributed by atoms with Crippen molar-refractivity contribution in [2.45, 2.75) is 39.0 Å². The summed E-state index contributed by atoms with van der Waals surface area (Å²) in [6.07, 6.45) is 4.07. The van der Waals surface area contributed by atoms with Crippen molar-refractivity contribution in [3.63, 3.8) is 0 Å². The standard InChI is InChI=1S/C14H24N2O3/c1-2-5-14(13(18)19)6-8-16(10-14)12(17)11-4-3-7-15-9-11/h11,15H,2-10H2,1H3,(H,18,19). The zero-order valence-corrected chi connectivity index (χ0v) is 11.7. The van der Waals surface area contributed by atoms with E-state index in [0.29, 0.717) is 25.9 Å². The van der Waals surface area contributed by atoms with Crippen LogP contribution in [0.4, 0.5) is 0 Å². The molecule has 5 nitrogen and oxygen atoms in total. The number of carboxylic acid groups (broad SMARTS) is 1. The second kappa shape index (κ2) is 5.90. The summed E-state index contributed by atoms with van der Waals surface area (Å²) in [5.74, 6) is -0.558. The van der Waals surface area contributed by atoms with Gasteiger partial charge in [0.2, 0.25) is 5.91 Å². The Morgan fingerprint density at radius 3 is 2.84 bits per heavy atom. The predicted molar refractivity (Wildman–Crippen MR) is 71.8 cm³/mol. The SMILES string of the molecule is CCCC1(C(=O)O)CCN(C(=O)C2CCCNC2)C1. The first-order valence-corrected chi connectivity index (χ1v) is 7.32. The number of aliphatic carboxylic acids is 1. The minimum atomic E-state index is -0.744. The molecule has 2 rings (SSSR count). The van der Waals surface area contributed by atoms with Gasteiger partial charge in [0.15, 0.2) is 0 Å². The van der Waals surface area contributed by atoms with Crippen molar-refractivity contribution in [3.05, 3.63) is 0 Å². The van der Waals surface area contributed by atoms with Crippen molar-refractivity contribution < 1.29 is 14.7 Å². The molecule has 0 aromatic rings. The van der Waals surface area contributed by atoms with Crippen LogP contribution in [0.3, 0.4) is 0 Å². The third-order valence-electron chi connectivity index (χ3n) is 4.49. The Bertz CT molecular complexity index is 353. The maximum atomic E-state index is 12.4. The summed E-state index contributed by atoms with van der Waals surface area (Å²) in [4.78, 5) is 25.7. The lowest BCUT2D eigenvalue weighted by Gasteiger charge is -2.28. The van der Waals surface area contributed by atoms with Gasteiger partial charge in [-0.1, -0.05) is 13.3 Å². The Hall–Kier alpha value is -1.10. The molecule has 0 bridgehead atoms. The van der Waals surface area contributed by atoms with Crippen molar-refractivity contribution >= 4 is 11.9 Å². The monoisotopic (exact) mass is 268 g/mol. The lowest BCUT2D eigenvalue weighted by atomic mass is 9.82. The molecule has 0 aliphatic carbocycles. The van der Waals surface area contributed by atoms with Gasteiger partial charge in [-0.15, -0.1) is 0 Å². The van der Waals surface area contributed by atoms with Crippen molar-refractivity contribution in [2.24, 2.45) is 11.3 Å². The number of piperidine rings is 1. The van der Waals surface area contributed by atoms with E-state index >= 15 is 0 Å². The molecule has 0 spiro atoms. The summed E-state index contributed by atoms with van der Waals surface area (Å²) >= 11 is 0. The van der Waals surface area contributed by atoms with E-state index in [9.17, 15) is 14.7 Å². The first-order chi connectivity index (χ1) is 9.09. The highest BCUT2D eigenvalue weighted by Gasteiger charge is 2.46. The fourth-order valence-electron chi connectivity index (χ4n) is 3.35. The summed E-state index contributed by atoms with van der Waals surface area (Å²) in [5, 5.41) is 12.7.